The third-order valence-corrected chi connectivity index (χ3v) is 3.54. The van der Waals surface area contributed by atoms with Gasteiger partial charge in [-0.2, -0.15) is 13.2 Å². The molecule has 0 spiro atoms. The number of aromatic hydroxyl groups is 2. The molecule has 3 aromatic rings. The van der Waals surface area contributed by atoms with E-state index < -0.39 is 34.0 Å². The molecule has 3 rings (SSSR count). The first-order valence-corrected chi connectivity index (χ1v) is 7.17. The molecular weight excluding hydrogens is 373 g/mol. The van der Waals surface area contributed by atoms with Crippen molar-refractivity contribution in [2.45, 2.75) is 13.1 Å². The first-order valence-electron chi connectivity index (χ1n) is 7.17. The average Bonchev–Trinajstić information content (AvgIpc) is 3.05. The maximum Gasteiger partial charge on any atom is 0.433 e. The maximum atomic E-state index is 12.7. The molecule has 2 aromatic heterocycles. The highest BCUT2D eigenvalue weighted by atomic mass is 19.4. The van der Waals surface area contributed by atoms with Crippen molar-refractivity contribution in [3.8, 4) is 34.4 Å². The Balaban J connectivity index is 2.02. The monoisotopic (exact) mass is 382 g/mol. The molecule has 0 atom stereocenters. The van der Waals surface area contributed by atoms with E-state index >= 15 is 0 Å². The van der Waals surface area contributed by atoms with Crippen LogP contribution in [0, 0.1) is 17.0 Å². The summed E-state index contributed by atoms with van der Waals surface area (Å²) in [5.74, 6) is -2.11. The van der Waals surface area contributed by atoms with Crippen LogP contribution in [-0.2, 0) is 6.18 Å². The quantitative estimate of drug-likeness (QED) is 0.399. The van der Waals surface area contributed by atoms with Gasteiger partial charge in [-0.3, -0.25) is 10.1 Å². The van der Waals surface area contributed by atoms with Crippen LogP contribution in [0.4, 0.5) is 18.9 Å². The maximum absolute atomic E-state index is 12.7. The van der Waals surface area contributed by atoms with Crippen LogP contribution in [0.2, 0.25) is 0 Å². The molecule has 140 valence electrons. The van der Waals surface area contributed by atoms with E-state index in [9.17, 15) is 33.5 Å². The molecule has 0 saturated heterocycles. The lowest BCUT2D eigenvalue weighted by molar-refractivity contribution is -0.385. The summed E-state index contributed by atoms with van der Waals surface area (Å²) in [6.45, 7) is 1.33. The molecule has 27 heavy (non-hydrogen) atoms. The normalized spacial score (nSPS) is 11.6. The van der Waals surface area contributed by atoms with E-state index in [1.807, 2.05) is 0 Å². The number of phenols is 2. The highest BCUT2D eigenvalue weighted by Gasteiger charge is 2.33. The summed E-state index contributed by atoms with van der Waals surface area (Å²) < 4.78 is 43.4. The fraction of sp³-hybridized carbons (Fsp3) is 0.133. The number of nitrogens with zero attached hydrogens (tertiary/aromatic N) is 4. The summed E-state index contributed by atoms with van der Waals surface area (Å²) in [5.41, 5.74) is -1.80. The van der Waals surface area contributed by atoms with Gasteiger partial charge in [0.2, 0.25) is 17.5 Å². The summed E-state index contributed by atoms with van der Waals surface area (Å²) in [4.78, 5) is 13.4. The molecule has 0 fully saturated rings. The largest absolute Gasteiger partial charge is 0.504 e. The SMILES string of the molecule is Cc1nc(C(F)(F)F)ccc1-c1nnc(-c2cc(O)c(O)c([N+](=O)[O-])c2)o1. The van der Waals surface area contributed by atoms with Gasteiger partial charge < -0.3 is 14.6 Å². The number of hydrogen-bond acceptors (Lipinski definition) is 8. The molecule has 9 nitrogen and oxygen atoms in total. The van der Waals surface area contributed by atoms with Crippen LogP contribution < -0.4 is 0 Å². The van der Waals surface area contributed by atoms with Crippen LogP contribution >= 0.6 is 0 Å². The van der Waals surface area contributed by atoms with E-state index in [0.717, 1.165) is 24.3 Å². The number of rotatable bonds is 3. The number of benzene rings is 1. The van der Waals surface area contributed by atoms with Crippen LogP contribution in [0.5, 0.6) is 11.5 Å². The van der Waals surface area contributed by atoms with Crippen molar-refractivity contribution in [3.63, 3.8) is 0 Å². The van der Waals surface area contributed by atoms with Crippen molar-refractivity contribution < 1.29 is 32.7 Å². The number of aryl methyl sites for hydroxylation is 1. The zero-order valence-corrected chi connectivity index (χ0v) is 13.4. The topological polar surface area (TPSA) is 135 Å². The molecule has 0 aliphatic rings. The van der Waals surface area contributed by atoms with Crippen LogP contribution in [0.3, 0.4) is 0 Å². The Morgan fingerprint density at radius 3 is 2.41 bits per heavy atom. The van der Waals surface area contributed by atoms with Crippen molar-refractivity contribution in [2.24, 2.45) is 0 Å². The van der Waals surface area contributed by atoms with Gasteiger partial charge in [-0.25, -0.2) is 4.98 Å². The highest BCUT2D eigenvalue weighted by molar-refractivity contribution is 5.68. The lowest BCUT2D eigenvalue weighted by Gasteiger charge is -2.07. The van der Waals surface area contributed by atoms with Gasteiger partial charge in [0.25, 0.3) is 0 Å². The van der Waals surface area contributed by atoms with Crippen LogP contribution in [0.1, 0.15) is 11.4 Å². The average molecular weight is 382 g/mol. The van der Waals surface area contributed by atoms with Crippen LogP contribution in [0.25, 0.3) is 22.9 Å². The second-order valence-corrected chi connectivity index (χ2v) is 5.36. The fourth-order valence-corrected chi connectivity index (χ4v) is 2.26. The summed E-state index contributed by atoms with van der Waals surface area (Å²) in [6, 6.07) is 3.74. The Morgan fingerprint density at radius 2 is 1.81 bits per heavy atom. The van der Waals surface area contributed by atoms with Gasteiger partial charge in [0.1, 0.15) is 5.69 Å². The van der Waals surface area contributed by atoms with Crippen LogP contribution in [-0.4, -0.2) is 30.3 Å². The Hall–Kier alpha value is -3.70. The number of nitro benzene ring substituents is 1. The number of halogens is 3. The van der Waals surface area contributed by atoms with Crippen molar-refractivity contribution >= 4 is 5.69 Å². The van der Waals surface area contributed by atoms with Crippen molar-refractivity contribution in [3.05, 3.63) is 45.8 Å². The molecule has 0 saturated carbocycles. The van der Waals surface area contributed by atoms with E-state index in [0.29, 0.717) is 0 Å². The van der Waals surface area contributed by atoms with E-state index in [4.69, 9.17) is 4.42 Å². The molecule has 0 radical (unpaired) electrons. The molecule has 12 heteroatoms. The minimum atomic E-state index is -4.61. The minimum Gasteiger partial charge on any atom is -0.504 e. The third kappa shape index (κ3) is 3.36. The third-order valence-electron chi connectivity index (χ3n) is 3.54. The Bertz CT molecular complexity index is 1050. The number of pyridine rings is 1. The zero-order chi connectivity index (χ0) is 19.9. The van der Waals surface area contributed by atoms with Gasteiger partial charge in [-0.1, -0.05) is 0 Å². The van der Waals surface area contributed by atoms with Gasteiger partial charge in [0, 0.05) is 11.6 Å². The van der Waals surface area contributed by atoms with E-state index in [2.05, 4.69) is 15.2 Å². The first-order chi connectivity index (χ1) is 12.6. The van der Waals surface area contributed by atoms with Gasteiger partial charge in [-0.05, 0) is 25.1 Å². The lowest BCUT2D eigenvalue weighted by atomic mass is 10.1. The molecule has 0 aliphatic heterocycles. The van der Waals surface area contributed by atoms with E-state index in [1.54, 1.807) is 0 Å². The summed E-state index contributed by atoms with van der Waals surface area (Å²) in [7, 11) is 0. The number of alkyl halides is 3. The summed E-state index contributed by atoms with van der Waals surface area (Å²) in [6.07, 6.45) is -4.61. The second-order valence-electron chi connectivity index (χ2n) is 5.36. The predicted octanol–water partition coefficient (Wildman–Crippen LogP) is 3.45. The van der Waals surface area contributed by atoms with Crippen molar-refractivity contribution in [1.82, 2.24) is 15.2 Å². The van der Waals surface area contributed by atoms with E-state index in [1.165, 1.54) is 6.92 Å². The van der Waals surface area contributed by atoms with Gasteiger partial charge in [0.15, 0.2) is 5.75 Å². The van der Waals surface area contributed by atoms with Crippen molar-refractivity contribution in [2.75, 3.05) is 0 Å². The molecule has 2 heterocycles. The predicted molar refractivity (Wildman–Crippen MR) is 82.7 cm³/mol. The van der Waals surface area contributed by atoms with Gasteiger partial charge in [-0.15, -0.1) is 10.2 Å². The molecule has 0 amide bonds. The molecule has 1 aromatic carbocycles. The van der Waals surface area contributed by atoms with Crippen LogP contribution in [0.15, 0.2) is 28.7 Å². The zero-order valence-electron chi connectivity index (χ0n) is 13.4. The highest BCUT2D eigenvalue weighted by Crippen LogP contribution is 2.39. The summed E-state index contributed by atoms with van der Waals surface area (Å²) in [5, 5.41) is 37.4. The Labute approximate surface area is 147 Å². The molecule has 0 aliphatic carbocycles. The smallest absolute Gasteiger partial charge is 0.433 e. The fourth-order valence-electron chi connectivity index (χ4n) is 2.26. The molecule has 0 unspecified atom stereocenters. The standard InChI is InChI=1S/C15H9F3N4O5/c1-6-8(2-3-11(19-6)15(16,17)18)14-21-20-13(27-14)7-4-9(22(25)26)12(24)10(23)5-7/h2-5,23-24H,1H3. The second kappa shape index (κ2) is 6.23. The Morgan fingerprint density at radius 1 is 1.15 bits per heavy atom. The first kappa shape index (κ1) is 18.1. The molecule has 0 bridgehead atoms. The number of aromatic nitrogens is 3. The van der Waals surface area contributed by atoms with Crippen molar-refractivity contribution in [1.29, 1.82) is 0 Å². The minimum absolute atomic E-state index is 0.0143. The lowest BCUT2D eigenvalue weighted by Crippen LogP contribution is -2.08. The summed E-state index contributed by atoms with van der Waals surface area (Å²) >= 11 is 0. The number of hydrogen-bond donors (Lipinski definition) is 2. The van der Waals surface area contributed by atoms with E-state index in [-0.39, 0.29) is 28.6 Å². The van der Waals surface area contributed by atoms with Gasteiger partial charge in [0.05, 0.1) is 16.2 Å². The number of phenolic OH excluding ortho intramolecular Hbond substituents is 2. The molecular formula is C15H9F3N4O5. The number of nitro groups is 1. The molecule has 2 N–H and O–H groups in total. The Kier molecular flexibility index (Phi) is 4.18. The van der Waals surface area contributed by atoms with Gasteiger partial charge >= 0.3 is 11.9 Å².